The molecule has 0 radical (unpaired) electrons. The second-order valence-corrected chi connectivity index (χ2v) is 8.82. The summed E-state index contributed by atoms with van der Waals surface area (Å²) in [6, 6.07) is 16.6. The van der Waals surface area contributed by atoms with Gasteiger partial charge in [-0.3, -0.25) is 19.6 Å². The maximum absolute atomic E-state index is 12.6. The Morgan fingerprint density at radius 1 is 1.06 bits per heavy atom. The molecule has 0 aliphatic carbocycles. The highest BCUT2D eigenvalue weighted by Crippen LogP contribution is 2.24. The molecule has 0 aliphatic heterocycles. The smallest absolute Gasteiger partial charge is 0.273 e. The third kappa shape index (κ3) is 5.59. The van der Waals surface area contributed by atoms with Gasteiger partial charge in [-0.15, -0.1) is 0 Å². The van der Waals surface area contributed by atoms with Gasteiger partial charge in [0.2, 0.25) is 0 Å². The zero-order valence-corrected chi connectivity index (χ0v) is 17.9. The minimum absolute atomic E-state index is 0.217. The summed E-state index contributed by atoms with van der Waals surface area (Å²) in [5, 5.41) is 14.4. The minimum Gasteiger partial charge on any atom is -0.348 e. The topological polar surface area (TPSA) is 118 Å². The standard InChI is InChI=1S/C21H18ClN3O5S/c1-14-5-10-19(12-20(14)25(27)28)31(29,30)24-18-8-6-16(7-9-18)21(26)23-13-15-3-2-4-17(22)11-15/h2-12,24H,13H2,1H3,(H,23,26). The van der Waals surface area contributed by atoms with E-state index in [9.17, 15) is 23.3 Å². The number of carbonyl (C=O) groups is 1. The van der Waals surface area contributed by atoms with Crippen LogP contribution in [0.15, 0.2) is 71.6 Å². The highest BCUT2D eigenvalue weighted by molar-refractivity contribution is 7.92. The van der Waals surface area contributed by atoms with E-state index in [1.807, 2.05) is 6.07 Å². The number of nitro groups is 1. The van der Waals surface area contributed by atoms with Crippen LogP contribution in [0.5, 0.6) is 0 Å². The summed E-state index contributed by atoms with van der Waals surface area (Å²) in [5.74, 6) is -0.330. The number of hydrogen-bond acceptors (Lipinski definition) is 5. The fourth-order valence-electron chi connectivity index (χ4n) is 2.79. The van der Waals surface area contributed by atoms with Crippen molar-refractivity contribution in [1.29, 1.82) is 0 Å². The number of halogens is 1. The van der Waals surface area contributed by atoms with Gasteiger partial charge in [-0.25, -0.2) is 8.42 Å². The van der Waals surface area contributed by atoms with Crippen molar-refractivity contribution in [1.82, 2.24) is 5.32 Å². The van der Waals surface area contributed by atoms with Crippen LogP contribution < -0.4 is 10.0 Å². The minimum atomic E-state index is -4.04. The van der Waals surface area contributed by atoms with Gasteiger partial charge in [-0.05, 0) is 55.0 Å². The van der Waals surface area contributed by atoms with Crippen LogP contribution in [0, 0.1) is 17.0 Å². The molecule has 3 rings (SSSR count). The number of aryl methyl sites for hydroxylation is 1. The third-order valence-electron chi connectivity index (χ3n) is 4.43. The van der Waals surface area contributed by atoms with Gasteiger partial charge in [0.05, 0.1) is 9.82 Å². The number of nitrogens with one attached hydrogen (secondary N) is 2. The summed E-state index contributed by atoms with van der Waals surface area (Å²) in [7, 11) is -4.04. The quantitative estimate of drug-likeness (QED) is 0.403. The molecule has 0 spiro atoms. The molecular formula is C21H18ClN3O5S. The number of nitro benzene ring substituents is 1. The zero-order chi connectivity index (χ0) is 22.6. The number of amides is 1. The molecule has 1 amide bonds. The van der Waals surface area contributed by atoms with Crippen molar-refractivity contribution in [2.45, 2.75) is 18.4 Å². The van der Waals surface area contributed by atoms with Crippen molar-refractivity contribution in [3.63, 3.8) is 0 Å². The van der Waals surface area contributed by atoms with E-state index in [1.165, 1.54) is 43.3 Å². The number of rotatable bonds is 7. The van der Waals surface area contributed by atoms with Crippen molar-refractivity contribution in [3.8, 4) is 0 Å². The van der Waals surface area contributed by atoms with Gasteiger partial charge >= 0.3 is 0 Å². The molecule has 3 aromatic carbocycles. The van der Waals surface area contributed by atoms with Crippen LogP contribution in [-0.2, 0) is 16.6 Å². The Balaban J connectivity index is 1.69. The van der Waals surface area contributed by atoms with Crippen LogP contribution in [0.1, 0.15) is 21.5 Å². The van der Waals surface area contributed by atoms with E-state index in [-0.39, 0.29) is 22.2 Å². The highest BCUT2D eigenvalue weighted by atomic mass is 35.5. The van der Waals surface area contributed by atoms with E-state index in [4.69, 9.17) is 11.6 Å². The van der Waals surface area contributed by atoms with Crippen LogP contribution in [0.25, 0.3) is 0 Å². The molecule has 0 fully saturated rings. The van der Waals surface area contributed by atoms with E-state index in [0.717, 1.165) is 11.6 Å². The highest BCUT2D eigenvalue weighted by Gasteiger charge is 2.20. The molecular weight excluding hydrogens is 442 g/mol. The van der Waals surface area contributed by atoms with Crippen molar-refractivity contribution >= 4 is 38.9 Å². The molecule has 2 N–H and O–H groups in total. The Bertz CT molecular complexity index is 1240. The summed E-state index contributed by atoms with van der Waals surface area (Å²) in [6.45, 7) is 1.82. The van der Waals surface area contributed by atoms with Crippen LogP contribution in [0.3, 0.4) is 0 Å². The van der Waals surface area contributed by atoms with Gasteiger partial charge in [0.25, 0.3) is 21.6 Å². The average Bonchev–Trinajstić information content (AvgIpc) is 2.72. The molecule has 0 bridgehead atoms. The SMILES string of the molecule is Cc1ccc(S(=O)(=O)Nc2ccc(C(=O)NCc3cccc(Cl)c3)cc2)cc1[N+](=O)[O-]. The molecule has 0 aliphatic rings. The molecule has 0 atom stereocenters. The van der Waals surface area contributed by atoms with Crippen LogP contribution in [0.4, 0.5) is 11.4 Å². The molecule has 0 aromatic heterocycles. The van der Waals surface area contributed by atoms with Crippen molar-refractivity contribution in [2.75, 3.05) is 4.72 Å². The first kappa shape index (κ1) is 22.3. The summed E-state index contributed by atoms with van der Waals surface area (Å²) in [5.41, 5.74) is 1.48. The summed E-state index contributed by atoms with van der Waals surface area (Å²) in [4.78, 5) is 22.5. The number of sulfonamides is 1. The van der Waals surface area contributed by atoms with Crippen molar-refractivity contribution in [2.24, 2.45) is 0 Å². The first-order chi connectivity index (χ1) is 14.7. The fourth-order valence-corrected chi connectivity index (χ4v) is 4.08. The van der Waals surface area contributed by atoms with E-state index >= 15 is 0 Å². The van der Waals surface area contributed by atoms with Crippen molar-refractivity contribution < 1.29 is 18.1 Å². The van der Waals surface area contributed by atoms with Crippen LogP contribution in [0.2, 0.25) is 5.02 Å². The lowest BCUT2D eigenvalue weighted by atomic mass is 10.2. The predicted octanol–water partition coefficient (Wildman–Crippen LogP) is 4.29. The monoisotopic (exact) mass is 459 g/mol. The predicted molar refractivity (Wildman–Crippen MR) is 118 cm³/mol. The lowest BCUT2D eigenvalue weighted by Crippen LogP contribution is -2.22. The molecule has 160 valence electrons. The molecule has 0 saturated carbocycles. The summed E-state index contributed by atoms with van der Waals surface area (Å²) in [6.07, 6.45) is 0. The second kappa shape index (κ2) is 9.15. The molecule has 0 saturated heterocycles. The van der Waals surface area contributed by atoms with Crippen molar-refractivity contribution in [3.05, 3.63) is 98.6 Å². The lowest BCUT2D eigenvalue weighted by molar-refractivity contribution is -0.385. The Kier molecular flexibility index (Phi) is 6.57. The van der Waals surface area contributed by atoms with E-state index in [2.05, 4.69) is 10.0 Å². The molecule has 3 aromatic rings. The maximum Gasteiger partial charge on any atom is 0.273 e. The van der Waals surface area contributed by atoms with Gasteiger partial charge in [0.1, 0.15) is 0 Å². The third-order valence-corrected chi connectivity index (χ3v) is 6.04. The number of benzene rings is 3. The van der Waals surface area contributed by atoms with Gasteiger partial charge in [0.15, 0.2) is 0 Å². The average molecular weight is 460 g/mol. The maximum atomic E-state index is 12.6. The summed E-state index contributed by atoms with van der Waals surface area (Å²) >= 11 is 5.92. The number of nitrogens with zero attached hydrogens (tertiary/aromatic N) is 1. The number of hydrogen-bond donors (Lipinski definition) is 2. The lowest BCUT2D eigenvalue weighted by Gasteiger charge is -2.10. The Labute approximate surface area is 184 Å². The van der Waals surface area contributed by atoms with E-state index < -0.39 is 14.9 Å². The largest absolute Gasteiger partial charge is 0.348 e. The second-order valence-electron chi connectivity index (χ2n) is 6.70. The zero-order valence-electron chi connectivity index (χ0n) is 16.3. The fraction of sp³-hybridized carbons (Fsp3) is 0.0952. The Hall–Kier alpha value is -3.43. The molecule has 0 heterocycles. The van der Waals surface area contributed by atoms with E-state index in [0.29, 0.717) is 22.7 Å². The Morgan fingerprint density at radius 2 is 1.77 bits per heavy atom. The molecule has 10 heteroatoms. The Morgan fingerprint density at radius 3 is 2.42 bits per heavy atom. The van der Waals surface area contributed by atoms with E-state index in [1.54, 1.807) is 18.2 Å². The first-order valence-electron chi connectivity index (χ1n) is 9.06. The van der Waals surface area contributed by atoms with Gasteiger partial charge in [0, 0.05) is 34.4 Å². The molecule has 31 heavy (non-hydrogen) atoms. The van der Waals surface area contributed by atoms with Gasteiger partial charge in [-0.2, -0.15) is 0 Å². The van der Waals surface area contributed by atoms with Gasteiger partial charge < -0.3 is 5.32 Å². The molecule has 0 unspecified atom stereocenters. The first-order valence-corrected chi connectivity index (χ1v) is 10.9. The normalized spacial score (nSPS) is 11.0. The number of anilines is 1. The van der Waals surface area contributed by atoms with Crippen LogP contribution >= 0.6 is 11.6 Å². The van der Waals surface area contributed by atoms with Gasteiger partial charge in [-0.1, -0.05) is 29.8 Å². The summed E-state index contributed by atoms with van der Waals surface area (Å²) < 4.78 is 27.5. The number of carbonyl (C=O) groups excluding carboxylic acids is 1. The van der Waals surface area contributed by atoms with Crippen LogP contribution in [-0.4, -0.2) is 19.2 Å². The molecule has 8 nitrogen and oxygen atoms in total.